The lowest BCUT2D eigenvalue weighted by Gasteiger charge is -2.26. The van der Waals surface area contributed by atoms with Crippen LogP contribution in [-0.4, -0.2) is 60.7 Å². The molecule has 37 heavy (non-hydrogen) atoms. The van der Waals surface area contributed by atoms with Gasteiger partial charge in [0.25, 0.3) is 11.5 Å². The predicted octanol–water partition coefficient (Wildman–Crippen LogP) is 4.27. The second kappa shape index (κ2) is 12.4. The molecule has 0 N–H and O–H groups in total. The SMILES string of the molecule is CCN(C(=O)c1c(OC(=O)CCCCN2CCOCC2)c2c(Cl)cccc2n(C)c1=O)c1ccccc1. The molecule has 3 aromatic rings. The molecule has 1 amide bonds. The number of aryl methyl sites for hydroxylation is 1. The number of carbonyl (C=O) groups is 2. The number of aromatic nitrogens is 1. The molecule has 0 saturated carbocycles. The van der Waals surface area contributed by atoms with Crippen molar-refractivity contribution in [3.63, 3.8) is 0 Å². The lowest BCUT2D eigenvalue weighted by atomic mass is 10.1. The van der Waals surface area contributed by atoms with Crippen LogP contribution in [0.1, 0.15) is 36.5 Å². The third-order valence-electron chi connectivity index (χ3n) is 6.59. The Balaban J connectivity index is 1.65. The van der Waals surface area contributed by atoms with Gasteiger partial charge in [-0.15, -0.1) is 0 Å². The van der Waals surface area contributed by atoms with E-state index < -0.39 is 17.4 Å². The summed E-state index contributed by atoms with van der Waals surface area (Å²) in [5.74, 6) is -1.14. The zero-order chi connectivity index (χ0) is 26.4. The van der Waals surface area contributed by atoms with Crippen LogP contribution in [0.2, 0.25) is 5.02 Å². The van der Waals surface area contributed by atoms with Gasteiger partial charge in [-0.2, -0.15) is 0 Å². The number of para-hydroxylation sites is 1. The van der Waals surface area contributed by atoms with Gasteiger partial charge in [0.1, 0.15) is 5.56 Å². The average molecular weight is 526 g/mol. The highest BCUT2D eigenvalue weighted by molar-refractivity contribution is 6.36. The molecule has 1 aliphatic rings. The molecule has 4 rings (SSSR count). The topological polar surface area (TPSA) is 81.1 Å². The third-order valence-corrected chi connectivity index (χ3v) is 6.91. The molecule has 9 heteroatoms. The second-order valence-corrected chi connectivity index (χ2v) is 9.38. The Bertz CT molecular complexity index is 1320. The Hall–Kier alpha value is -3.20. The van der Waals surface area contributed by atoms with Crippen molar-refractivity contribution in [2.75, 3.05) is 44.3 Å². The Labute approximate surface area is 221 Å². The van der Waals surface area contributed by atoms with Gasteiger partial charge in [0.05, 0.1) is 29.1 Å². The molecule has 2 aromatic carbocycles. The van der Waals surface area contributed by atoms with E-state index in [-0.39, 0.29) is 17.7 Å². The van der Waals surface area contributed by atoms with Crippen LogP contribution in [0, 0.1) is 0 Å². The van der Waals surface area contributed by atoms with Gasteiger partial charge in [0.2, 0.25) is 0 Å². The van der Waals surface area contributed by atoms with E-state index in [4.69, 9.17) is 21.1 Å². The zero-order valence-electron chi connectivity index (χ0n) is 21.2. The number of anilines is 1. The molecular formula is C28H32ClN3O5. The molecule has 0 bridgehead atoms. The summed E-state index contributed by atoms with van der Waals surface area (Å²) in [4.78, 5) is 44.1. The first-order valence-electron chi connectivity index (χ1n) is 12.6. The predicted molar refractivity (Wildman–Crippen MR) is 145 cm³/mol. The minimum absolute atomic E-state index is 0.0822. The third kappa shape index (κ3) is 6.04. The number of fused-ring (bicyclic) bond motifs is 1. The van der Waals surface area contributed by atoms with Crippen LogP contribution in [0.15, 0.2) is 53.3 Å². The molecule has 8 nitrogen and oxygen atoms in total. The van der Waals surface area contributed by atoms with Crippen molar-refractivity contribution in [3.8, 4) is 5.75 Å². The van der Waals surface area contributed by atoms with Crippen LogP contribution < -0.4 is 15.2 Å². The number of hydrogen-bond donors (Lipinski definition) is 0. The van der Waals surface area contributed by atoms with Crippen molar-refractivity contribution in [3.05, 3.63) is 69.5 Å². The monoisotopic (exact) mass is 525 g/mol. The van der Waals surface area contributed by atoms with E-state index >= 15 is 0 Å². The number of nitrogens with zero attached hydrogens (tertiary/aromatic N) is 3. The fourth-order valence-electron chi connectivity index (χ4n) is 4.59. The fraction of sp³-hybridized carbons (Fsp3) is 0.393. The van der Waals surface area contributed by atoms with Crippen LogP contribution in [0.5, 0.6) is 5.75 Å². The van der Waals surface area contributed by atoms with E-state index in [9.17, 15) is 14.4 Å². The van der Waals surface area contributed by atoms with Crippen LogP contribution in [0.4, 0.5) is 5.69 Å². The standard InChI is InChI=1S/C28H32ClN3O5/c1-3-32(20-10-5-4-6-11-20)28(35)25-26(24-21(29)12-9-13-22(24)30(2)27(25)34)37-23(33)14-7-8-15-31-16-18-36-19-17-31/h4-6,9-13H,3,7-8,14-19H2,1-2H3. The molecule has 1 aromatic heterocycles. The van der Waals surface area contributed by atoms with Crippen molar-refractivity contribution in [1.82, 2.24) is 9.47 Å². The average Bonchev–Trinajstić information content (AvgIpc) is 2.91. The molecule has 1 saturated heterocycles. The molecule has 196 valence electrons. The largest absolute Gasteiger partial charge is 0.425 e. The van der Waals surface area contributed by atoms with Gasteiger partial charge in [-0.1, -0.05) is 35.9 Å². The van der Waals surface area contributed by atoms with Gasteiger partial charge >= 0.3 is 5.97 Å². The number of pyridine rings is 1. The van der Waals surface area contributed by atoms with E-state index in [0.29, 0.717) is 34.6 Å². The maximum absolute atomic E-state index is 13.8. The van der Waals surface area contributed by atoms with Crippen molar-refractivity contribution in [2.24, 2.45) is 7.05 Å². The Morgan fingerprint density at radius 2 is 1.78 bits per heavy atom. The van der Waals surface area contributed by atoms with Gasteiger partial charge in [-0.05, 0) is 50.6 Å². The number of morpholine rings is 1. The van der Waals surface area contributed by atoms with E-state index in [1.165, 1.54) is 9.47 Å². The highest BCUT2D eigenvalue weighted by Gasteiger charge is 2.29. The first-order chi connectivity index (χ1) is 17.9. The smallest absolute Gasteiger partial charge is 0.311 e. The van der Waals surface area contributed by atoms with Crippen molar-refractivity contribution in [1.29, 1.82) is 0 Å². The Morgan fingerprint density at radius 1 is 1.05 bits per heavy atom. The normalized spacial score (nSPS) is 14.0. The van der Waals surface area contributed by atoms with Gasteiger partial charge in [-0.25, -0.2) is 0 Å². The van der Waals surface area contributed by atoms with Gasteiger partial charge in [0.15, 0.2) is 5.75 Å². The maximum atomic E-state index is 13.8. The molecule has 0 aliphatic carbocycles. The van der Waals surface area contributed by atoms with Crippen molar-refractivity contribution >= 4 is 40.1 Å². The highest BCUT2D eigenvalue weighted by Crippen LogP contribution is 2.35. The number of benzene rings is 2. The highest BCUT2D eigenvalue weighted by atomic mass is 35.5. The number of hydrogen-bond acceptors (Lipinski definition) is 6. The van der Waals surface area contributed by atoms with E-state index in [0.717, 1.165) is 39.3 Å². The Morgan fingerprint density at radius 3 is 2.49 bits per heavy atom. The summed E-state index contributed by atoms with van der Waals surface area (Å²) in [6.07, 6.45) is 1.62. The molecule has 0 unspecified atom stereocenters. The zero-order valence-corrected chi connectivity index (χ0v) is 22.0. The summed E-state index contributed by atoms with van der Waals surface area (Å²) >= 11 is 6.54. The van der Waals surface area contributed by atoms with E-state index in [1.54, 1.807) is 37.4 Å². The number of amides is 1. The number of ether oxygens (including phenoxy) is 2. The van der Waals surface area contributed by atoms with E-state index in [1.807, 2.05) is 25.1 Å². The first-order valence-corrected chi connectivity index (χ1v) is 13.0. The van der Waals surface area contributed by atoms with Crippen LogP contribution >= 0.6 is 11.6 Å². The number of esters is 1. The van der Waals surface area contributed by atoms with Crippen LogP contribution in [0.3, 0.4) is 0 Å². The first kappa shape index (κ1) is 26.9. The number of unbranched alkanes of at least 4 members (excludes halogenated alkanes) is 1. The minimum Gasteiger partial charge on any atom is -0.425 e. The number of halogens is 1. The molecule has 0 spiro atoms. The summed E-state index contributed by atoms with van der Waals surface area (Å²) in [5, 5.41) is 0.653. The van der Waals surface area contributed by atoms with Crippen molar-refractivity contribution in [2.45, 2.75) is 26.2 Å². The lowest BCUT2D eigenvalue weighted by Crippen LogP contribution is -2.37. The fourth-order valence-corrected chi connectivity index (χ4v) is 4.84. The number of rotatable bonds is 9. The lowest BCUT2D eigenvalue weighted by molar-refractivity contribution is -0.134. The van der Waals surface area contributed by atoms with Crippen LogP contribution in [0.25, 0.3) is 10.9 Å². The molecule has 0 atom stereocenters. The van der Waals surface area contributed by atoms with Gasteiger partial charge < -0.3 is 18.9 Å². The van der Waals surface area contributed by atoms with E-state index in [2.05, 4.69) is 4.90 Å². The maximum Gasteiger partial charge on any atom is 0.311 e. The van der Waals surface area contributed by atoms with Gasteiger partial charge in [-0.3, -0.25) is 19.3 Å². The molecular weight excluding hydrogens is 494 g/mol. The second-order valence-electron chi connectivity index (χ2n) is 8.97. The molecule has 2 heterocycles. The molecule has 1 aliphatic heterocycles. The summed E-state index contributed by atoms with van der Waals surface area (Å²) in [6.45, 7) is 6.27. The minimum atomic E-state index is -0.552. The quantitative estimate of drug-likeness (QED) is 0.306. The molecule has 0 radical (unpaired) electrons. The van der Waals surface area contributed by atoms with Crippen molar-refractivity contribution < 1.29 is 19.1 Å². The molecule has 1 fully saturated rings. The van der Waals surface area contributed by atoms with Crippen LogP contribution in [-0.2, 0) is 16.6 Å². The summed E-state index contributed by atoms with van der Waals surface area (Å²) in [7, 11) is 1.58. The van der Waals surface area contributed by atoms with Gasteiger partial charge in [0, 0.05) is 38.8 Å². The summed E-state index contributed by atoms with van der Waals surface area (Å²) < 4.78 is 12.5. The summed E-state index contributed by atoms with van der Waals surface area (Å²) in [5.41, 5.74) is 0.350. The Kier molecular flexibility index (Phi) is 8.97. The summed E-state index contributed by atoms with van der Waals surface area (Å²) in [6, 6.07) is 14.1. The number of carbonyl (C=O) groups excluding carboxylic acids is 2.